The number of aromatic nitrogens is 3. The second-order valence-electron chi connectivity index (χ2n) is 7.96. The molecule has 1 aromatic carbocycles. The van der Waals surface area contributed by atoms with E-state index in [-0.39, 0.29) is 22.4 Å². The van der Waals surface area contributed by atoms with Crippen molar-refractivity contribution in [1.82, 2.24) is 24.4 Å². The highest BCUT2D eigenvalue weighted by Gasteiger charge is 2.26. The molecule has 10 heteroatoms. The summed E-state index contributed by atoms with van der Waals surface area (Å²) in [5.41, 5.74) is 3.76. The molecular formula is C23H22ClFN6O2. The van der Waals surface area contributed by atoms with Crippen molar-refractivity contribution in [3.63, 3.8) is 0 Å². The number of aryl methyl sites for hydroxylation is 2. The number of hydrogen-bond donors (Lipinski definition) is 0. The maximum atomic E-state index is 13.3. The number of carbonyl (C=O) groups is 2. The minimum Gasteiger partial charge on any atom is -0.339 e. The van der Waals surface area contributed by atoms with Gasteiger partial charge in [-0.15, -0.1) is 0 Å². The SMILES string of the molecule is Cc1nc2c(C#N)cnn2c(C)c1CCC(=O)N1CCN(C(=O)c2ccc(F)cc2Cl)CC1. The molecule has 0 spiro atoms. The van der Waals surface area contributed by atoms with E-state index in [0.29, 0.717) is 50.2 Å². The molecule has 4 rings (SSSR count). The van der Waals surface area contributed by atoms with Crippen molar-refractivity contribution in [3.8, 4) is 6.07 Å². The normalized spacial score (nSPS) is 13.9. The predicted octanol–water partition coefficient (Wildman–Crippen LogP) is 2.93. The van der Waals surface area contributed by atoms with Crippen LogP contribution in [0.2, 0.25) is 5.02 Å². The molecule has 3 heterocycles. The summed E-state index contributed by atoms with van der Waals surface area (Å²) >= 11 is 6.01. The van der Waals surface area contributed by atoms with Crippen LogP contribution in [0, 0.1) is 31.0 Å². The molecule has 1 fully saturated rings. The molecule has 1 aliphatic heterocycles. The lowest BCUT2D eigenvalue weighted by Crippen LogP contribution is -2.50. The molecule has 0 unspecified atom stereocenters. The monoisotopic (exact) mass is 468 g/mol. The van der Waals surface area contributed by atoms with Gasteiger partial charge in [-0.2, -0.15) is 10.4 Å². The van der Waals surface area contributed by atoms with E-state index in [1.807, 2.05) is 13.8 Å². The van der Waals surface area contributed by atoms with Gasteiger partial charge in [0.2, 0.25) is 5.91 Å². The van der Waals surface area contributed by atoms with Gasteiger partial charge in [0.25, 0.3) is 5.91 Å². The summed E-state index contributed by atoms with van der Waals surface area (Å²) in [6, 6.07) is 5.80. The number of benzene rings is 1. The number of amides is 2. The number of nitriles is 1. The highest BCUT2D eigenvalue weighted by molar-refractivity contribution is 6.33. The van der Waals surface area contributed by atoms with Crippen molar-refractivity contribution in [1.29, 1.82) is 5.26 Å². The number of nitrogens with zero attached hydrogens (tertiary/aromatic N) is 6. The summed E-state index contributed by atoms with van der Waals surface area (Å²) in [4.78, 5) is 33.4. The van der Waals surface area contributed by atoms with Gasteiger partial charge in [-0.1, -0.05) is 11.6 Å². The Kier molecular flexibility index (Phi) is 6.29. The molecule has 33 heavy (non-hydrogen) atoms. The Hall–Kier alpha value is -3.51. The van der Waals surface area contributed by atoms with E-state index >= 15 is 0 Å². The zero-order valence-electron chi connectivity index (χ0n) is 18.3. The molecule has 170 valence electrons. The van der Waals surface area contributed by atoms with E-state index in [1.165, 1.54) is 18.3 Å². The van der Waals surface area contributed by atoms with Gasteiger partial charge in [-0.3, -0.25) is 9.59 Å². The van der Waals surface area contributed by atoms with Crippen LogP contribution in [-0.2, 0) is 11.2 Å². The average Bonchev–Trinajstić information content (AvgIpc) is 3.21. The van der Waals surface area contributed by atoms with Crippen molar-refractivity contribution in [2.45, 2.75) is 26.7 Å². The number of rotatable bonds is 4. The zero-order valence-corrected chi connectivity index (χ0v) is 19.1. The van der Waals surface area contributed by atoms with Crippen LogP contribution in [0.15, 0.2) is 24.4 Å². The molecule has 0 aliphatic carbocycles. The first-order valence-electron chi connectivity index (χ1n) is 10.6. The van der Waals surface area contributed by atoms with Gasteiger partial charge >= 0.3 is 0 Å². The van der Waals surface area contributed by atoms with Gasteiger partial charge in [-0.25, -0.2) is 13.9 Å². The topological polar surface area (TPSA) is 94.6 Å². The second kappa shape index (κ2) is 9.16. The largest absolute Gasteiger partial charge is 0.339 e. The molecule has 2 aromatic heterocycles. The summed E-state index contributed by atoms with van der Waals surface area (Å²) in [5.74, 6) is -0.766. The van der Waals surface area contributed by atoms with Crippen LogP contribution in [0.3, 0.4) is 0 Å². The smallest absolute Gasteiger partial charge is 0.255 e. The van der Waals surface area contributed by atoms with E-state index in [2.05, 4.69) is 16.2 Å². The van der Waals surface area contributed by atoms with Crippen LogP contribution >= 0.6 is 11.6 Å². The Morgan fingerprint density at radius 1 is 1.18 bits per heavy atom. The van der Waals surface area contributed by atoms with E-state index < -0.39 is 5.82 Å². The highest BCUT2D eigenvalue weighted by Crippen LogP contribution is 2.21. The van der Waals surface area contributed by atoms with E-state index in [1.54, 1.807) is 14.3 Å². The minimum absolute atomic E-state index is 0.000935. The standard InChI is InChI=1S/C23H22ClFN6O2/c1-14-18(15(2)31-22(28-14)16(12-26)13-27-31)5-6-21(32)29-7-9-30(10-8-29)23(33)19-4-3-17(25)11-20(19)24/h3-4,11,13H,5-10H2,1-2H3. The molecule has 0 N–H and O–H groups in total. The maximum absolute atomic E-state index is 13.3. The van der Waals surface area contributed by atoms with Gasteiger partial charge in [-0.05, 0) is 44.0 Å². The van der Waals surface area contributed by atoms with Gasteiger partial charge in [0.1, 0.15) is 17.4 Å². The summed E-state index contributed by atoms with van der Waals surface area (Å²) in [6.45, 7) is 5.38. The highest BCUT2D eigenvalue weighted by atomic mass is 35.5. The summed E-state index contributed by atoms with van der Waals surface area (Å²) in [5, 5.41) is 13.5. The van der Waals surface area contributed by atoms with Crippen molar-refractivity contribution in [2.24, 2.45) is 0 Å². The van der Waals surface area contributed by atoms with Crippen LogP contribution in [0.25, 0.3) is 5.65 Å². The lowest BCUT2D eigenvalue weighted by Gasteiger charge is -2.35. The van der Waals surface area contributed by atoms with Crippen molar-refractivity contribution in [3.05, 3.63) is 63.3 Å². The molecular weight excluding hydrogens is 447 g/mol. The molecule has 0 radical (unpaired) electrons. The molecule has 3 aromatic rings. The van der Waals surface area contributed by atoms with Crippen LogP contribution in [0.4, 0.5) is 4.39 Å². The molecule has 8 nitrogen and oxygen atoms in total. The van der Waals surface area contributed by atoms with Crippen molar-refractivity contribution >= 4 is 29.1 Å². The van der Waals surface area contributed by atoms with Gasteiger partial charge in [0, 0.05) is 44.0 Å². The molecule has 0 saturated carbocycles. The van der Waals surface area contributed by atoms with Crippen LogP contribution in [0.5, 0.6) is 0 Å². The molecule has 1 saturated heterocycles. The predicted molar refractivity (Wildman–Crippen MR) is 119 cm³/mol. The Labute approximate surface area is 195 Å². The fourth-order valence-electron chi connectivity index (χ4n) is 4.13. The molecule has 0 atom stereocenters. The third-order valence-corrected chi connectivity index (χ3v) is 6.31. The average molecular weight is 469 g/mol. The first-order chi connectivity index (χ1) is 15.8. The van der Waals surface area contributed by atoms with Gasteiger partial charge in [0.15, 0.2) is 5.65 Å². The number of halogens is 2. The molecule has 2 amide bonds. The number of fused-ring (bicyclic) bond motifs is 1. The Morgan fingerprint density at radius 3 is 2.55 bits per heavy atom. The van der Waals surface area contributed by atoms with Gasteiger partial charge < -0.3 is 9.80 Å². The first kappa shape index (κ1) is 22.7. The summed E-state index contributed by atoms with van der Waals surface area (Å²) in [6.07, 6.45) is 2.30. The van der Waals surface area contributed by atoms with Crippen LogP contribution in [-0.4, -0.2) is 62.4 Å². The zero-order chi connectivity index (χ0) is 23.7. The van der Waals surface area contributed by atoms with Crippen LogP contribution < -0.4 is 0 Å². The molecule has 1 aliphatic rings. The van der Waals surface area contributed by atoms with Crippen molar-refractivity contribution < 1.29 is 14.0 Å². The number of carbonyl (C=O) groups excluding carboxylic acids is 2. The van der Waals surface area contributed by atoms with E-state index in [9.17, 15) is 19.2 Å². The quantitative estimate of drug-likeness (QED) is 0.586. The van der Waals surface area contributed by atoms with Crippen molar-refractivity contribution in [2.75, 3.05) is 26.2 Å². The Balaban J connectivity index is 1.37. The number of piperazine rings is 1. The summed E-state index contributed by atoms with van der Waals surface area (Å²) < 4.78 is 14.9. The summed E-state index contributed by atoms with van der Waals surface area (Å²) in [7, 11) is 0. The molecule has 0 bridgehead atoms. The Bertz CT molecular complexity index is 1290. The van der Waals surface area contributed by atoms with Gasteiger partial charge in [0.05, 0.1) is 16.8 Å². The lowest BCUT2D eigenvalue weighted by molar-refractivity contribution is -0.132. The third kappa shape index (κ3) is 4.39. The Morgan fingerprint density at radius 2 is 1.88 bits per heavy atom. The van der Waals surface area contributed by atoms with E-state index in [4.69, 9.17) is 11.6 Å². The fraction of sp³-hybridized carbons (Fsp3) is 0.348. The number of hydrogen-bond acceptors (Lipinski definition) is 5. The second-order valence-corrected chi connectivity index (χ2v) is 8.37. The van der Waals surface area contributed by atoms with E-state index in [0.717, 1.165) is 23.0 Å². The maximum Gasteiger partial charge on any atom is 0.255 e. The first-order valence-corrected chi connectivity index (χ1v) is 10.9. The minimum atomic E-state index is -0.496. The third-order valence-electron chi connectivity index (χ3n) is 6.00. The van der Waals surface area contributed by atoms with Crippen LogP contribution in [0.1, 0.15) is 39.3 Å². The lowest BCUT2D eigenvalue weighted by atomic mass is 10.1. The fourth-order valence-corrected chi connectivity index (χ4v) is 4.38.